The van der Waals surface area contributed by atoms with E-state index in [0.29, 0.717) is 0 Å². The van der Waals surface area contributed by atoms with E-state index in [1.165, 1.54) is 50.8 Å². The Kier molecular flexibility index (Phi) is 4.14. The molecule has 1 aliphatic rings. The second-order valence-corrected chi connectivity index (χ2v) is 4.59. The van der Waals surface area contributed by atoms with E-state index in [9.17, 15) is 4.39 Å². The molecule has 1 aromatic heterocycles. The second kappa shape index (κ2) is 5.83. The van der Waals surface area contributed by atoms with Crippen LogP contribution in [-0.4, -0.2) is 11.5 Å². The van der Waals surface area contributed by atoms with Gasteiger partial charge in [-0.3, -0.25) is 0 Å². The van der Waals surface area contributed by atoms with Crippen molar-refractivity contribution >= 4 is 5.69 Å². The number of anilines is 1. The Labute approximate surface area is 96.3 Å². The summed E-state index contributed by atoms with van der Waals surface area (Å²) in [4.78, 5) is 3.52. The zero-order chi connectivity index (χ0) is 11.2. The van der Waals surface area contributed by atoms with Crippen LogP contribution in [-0.2, 0) is 0 Å². The van der Waals surface area contributed by atoms with Gasteiger partial charge in [0.05, 0.1) is 0 Å². The molecule has 2 nitrogen and oxygen atoms in total. The third-order valence-corrected chi connectivity index (χ3v) is 3.32. The van der Waals surface area contributed by atoms with Gasteiger partial charge in [-0.2, -0.15) is 4.39 Å². The normalized spacial score (nSPS) is 16.6. The lowest BCUT2D eigenvalue weighted by Crippen LogP contribution is -2.04. The van der Waals surface area contributed by atoms with Gasteiger partial charge in [-0.1, -0.05) is 25.7 Å². The third-order valence-electron chi connectivity index (χ3n) is 3.32. The van der Waals surface area contributed by atoms with Gasteiger partial charge in [0.15, 0.2) is 0 Å². The maximum absolute atomic E-state index is 12.8. The van der Waals surface area contributed by atoms with E-state index >= 15 is 0 Å². The van der Waals surface area contributed by atoms with Crippen molar-refractivity contribution in [2.75, 3.05) is 11.9 Å². The fourth-order valence-corrected chi connectivity index (χ4v) is 2.43. The molecule has 0 spiro atoms. The molecule has 0 atom stereocenters. The molecule has 0 saturated heterocycles. The number of nitrogens with zero attached hydrogens (tertiary/aromatic N) is 1. The van der Waals surface area contributed by atoms with E-state index in [2.05, 4.69) is 10.3 Å². The molecule has 0 aromatic carbocycles. The molecular formula is C13H19FN2. The molecule has 0 bridgehead atoms. The number of pyridine rings is 1. The topological polar surface area (TPSA) is 24.9 Å². The van der Waals surface area contributed by atoms with Crippen LogP contribution in [0.2, 0.25) is 0 Å². The molecule has 88 valence electrons. The monoisotopic (exact) mass is 222 g/mol. The highest BCUT2D eigenvalue weighted by molar-refractivity contribution is 5.40. The molecule has 1 heterocycles. The van der Waals surface area contributed by atoms with Crippen LogP contribution in [0.15, 0.2) is 18.3 Å². The lowest BCUT2D eigenvalue weighted by Gasteiger charge is -2.09. The van der Waals surface area contributed by atoms with Crippen LogP contribution in [0.4, 0.5) is 10.1 Å². The molecule has 2 rings (SSSR count). The summed E-state index contributed by atoms with van der Waals surface area (Å²) in [6.45, 7) is 0.931. The highest BCUT2D eigenvalue weighted by Gasteiger charge is 2.13. The quantitative estimate of drug-likeness (QED) is 0.608. The summed E-state index contributed by atoms with van der Waals surface area (Å²) in [7, 11) is 0. The van der Waals surface area contributed by atoms with Crippen molar-refractivity contribution in [2.24, 2.45) is 5.92 Å². The van der Waals surface area contributed by atoms with Gasteiger partial charge in [-0.15, -0.1) is 0 Å². The van der Waals surface area contributed by atoms with Gasteiger partial charge in [0, 0.05) is 24.5 Å². The summed E-state index contributed by atoms with van der Waals surface area (Å²) >= 11 is 0. The highest BCUT2D eigenvalue weighted by atomic mass is 19.1. The molecule has 3 heteroatoms. The van der Waals surface area contributed by atoms with Crippen LogP contribution in [0, 0.1) is 11.9 Å². The summed E-state index contributed by atoms with van der Waals surface area (Å²) in [6, 6.07) is 3.24. The molecular weight excluding hydrogens is 203 g/mol. The molecule has 0 amide bonds. The first-order valence-corrected chi connectivity index (χ1v) is 6.20. The van der Waals surface area contributed by atoms with E-state index in [4.69, 9.17) is 0 Å². The summed E-state index contributed by atoms with van der Waals surface area (Å²) in [5, 5.41) is 3.23. The predicted molar refractivity (Wildman–Crippen MR) is 63.9 cm³/mol. The molecule has 0 aliphatic heterocycles. The summed E-state index contributed by atoms with van der Waals surface area (Å²) < 4.78 is 12.8. The minimum absolute atomic E-state index is 0.416. The maximum atomic E-state index is 12.8. The van der Waals surface area contributed by atoms with Crippen molar-refractivity contribution in [3.8, 4) is 0 Å². The van der Waals surface area contributed by atoms with Gasteiger partial charge in [-0.25, -0.2) is 4.98 Å². The lowest BCUT2D eigenvalue weighted by molar-refractivity contribution is 0.491. The molecule has 1 saturated carbocycles. The molecule has 0 unspecified atom stereocenters. The summed E-state index contributed by atoms with van der Waals surface area (Å²) in [6.07, 6.45) is 9.61. The van der Waals surface area contributed by atoms with E-state index in [1.54, 1.807) is 6.07 Å². The zero-order valence-corrected chi connectivity index (χ0v) is 9.58. The van der Waals surface area contributed by atoms with E-state index in [-0.39, 0.29) is 0 Å². The molecule has 1 aromatic rings. The SMILES string of the molecule is Fc1cc(NCCCC2CCCC2)ccn1. The number of aromatic nitrogens is 1. The lowest BCUT2D eigenvalue weighted by atomic mass is 10.0. The Morgan fingerprint density at radius 2 is 2.19 bits per heavy atom. The fraction of sp³-hybridized carbons (Fsp3) is 0.615. The number of halogens is 1. The Hall–Kier alpha value is -1.12. The largest absolute Gasteiger partial charge is 0.385 e. The van der Waals surface area contributed by atoms with Crippen molar-refractivity contribution in [3.63, 3.8) is 0 Å². The molecule has 1 N–H and O–H groups in total. The van der Waals surface area contributed by atoms with Crippen LogP contribution in [0.1, 0.15) is 38.5 Å². The fourth-order valence-electron chi connectivity index (χ4n) is 2.43. The molecule has 0 radical (unpaired) electrons. The first kappa shape index (κ1) is 11.4. The summed E-state index contributed by atoms with van der Waals surface area (Å²) in [5.74, 6) is 0.525. The van der Waals surface area contributed by atoms with Crippen molar-refractivity contribution in [2.45, 2.75) is 38.5 Å². The Morgan fingerprint density at radius 1 is 1.38 bits per heavy atom. The van der Waals surface area contributed by atoms with Crippen molar-refractivity contribution in [3.05, 3.63) is 24.3 Å². The minimum Gasteiger partial charge on any atom is -0.385 e. The number of hydrogen-bond acceptors (Lipinski definition) is 2. The van der Waals surface area contributed by atoms with E-state index in [0.717, 1.165) is 18.2 Å². The molecule has 1 aliphatic carbocycles. The Bertz CT molecular complexity index is 321. The standard InChI is InChI=1S/C13H19FN2/c14-13-10-12(7-9-16-13)15-8-3-6-11-4-1-2-5-11/h7,9-11H,1-6,8H2,(H,15,16). The third kappa shape index (κ3) is 3.47. The van der Waals surface area contributed by atoms with Crippen molar-refractivity contribution in [1.82, 2.24) is 4.98 Å². The van der Waals surface area contributed by atoms with Gasteiger partial charge in [0.2, 0.25) is 5.95 Å². The van der Waals surface area contributed by atoms with Gasteiger partial charge >= 0.3 is 0 Å². The number of hydrogen-bond donors (Lipinski definition) is 1. The predicted octanol–water partition coefficient (Wildman–Crippen LogP) is 3.60. The van der Waals surface area contributed by atoms with E-state index < -0.39 is 5.95 Å². The van der Waals surface area contributed by atoms with Crippen LogP contribution < -0.4 is 5.32 Å². The van der Waals surface area contributed by atoms with E-state index in [1.807, 2.05) is 0 Å². The summed E-state index contributed by atoms with van der Waals surface area (Å²) in [5.41, 5.74) is 0.832. The number of nitrogens with one attached hydrogen (secondary N) is 1. The van der Waals surface area contributed by atoms with Crippen molar-refractivity contribution < 1.29 is 4.39 Å². The average Bonchev–Trinajstić information content (AvgIpc) is 2.77. The molecule has 16 heavy (non-hydrogen) atoms. The van der Waals surface area contributed by atoms with Crippen LogP contribution in [0.5, 0.6) is 0 Å². The molecule has 1 fully saturated rings. The van der Waals surface area contributed by atoms with Crippen molar-refractivity contribution in [1.29, 1.82) is 0 Å². The van der Waals surface area contributed by atoms with Crippen LogP contribution in [0.25, 0.3) is 0 Å². The first-order valence-electron chi connectivity index (χ1n) is 6.20. The minimum atomic E-state index is -0.416. The van der Waals surface area contributed by atoms with Crippen LogP contribution >= 0.6 is 0 Å². The van der Waals surface area contributed by atoms with Gasteiger partial charge in [-0.05, 0) is 24.8 Å². The zero-order valence-electron chi connectivity index (χ0n) is 9.58. The van der Waals surface area contributed by atoms with Gasteiger partial charge in [0.25, 0.3) is 0 Å². The second-order valence-electron chi connectivity index (χ2n) is 4.59. The first-order chi connectivity index (χ1) is 7.84. The Morgan fingerprint density at radius 3 is 2.94 bits per heavy atom. The number of rotatable bonds is 5. The maximum Gasteiger partial charge on any atom is 0.214 e. The smallest absolute Gasteiger partial charge is 0.214 e. The highest BCUT2D eigenvalue weighted by Crippen LogP contribution is 2.28. The van der Waals surface area contributed by atoms with Crippen LogP contribution in [0.3, 0.4) is 0 Å². The Balaban J connectivity index is 1.64. The van der Waals surface area contributed by atoms with Gasteiger partial charge < -0.3 is 5.32 Å². The average molecular weight is 222 g/mol. The van der Waals surface area contributed by atoms with Gasteiger partial charge in [0.1, 0.15) is 0 Å².